The fraction of sp³-hybridized carbons (Fsp3) is 0.143. The second kappa shape index (κ2) is 7.17. The SMILES string of the molecule is COc1cc([C@@H]2c3c(oc4ccccc4c3=O)C(=O)N2c2nnc(C)s2)cc(Br)c1O. The smallest absolute Gasteiger partial charge is 0.297 e. The van der Waals surface area contributed by atoms with Crippen LogP contribution in [-0.4, -0.2) is 28.3 Å². The Balaban J connectivity index is 1.84. The molecule has 0 fully saturated rings. The monoisotopic (exact) mass is 499 g/mol. The van der Waals surface area contributed by atoms with E-state index in [-0.39, 0.29) is 28.3 Å². The summed E-state index contributed by atoms with van der Waals surface area (Å²) in [5, 5.41) is 19.8. The second-order valence-electron chi connectivity index (χ2n) is 6.91. The van der Waals surface area contributed by atoms with Gasteiger partial charge in [-0.05, 0) is 52.7 Å². The predicted molar refractivity (Wildman–Crippen MR) is 118 cm³/mol. The molecule has 5 rings (SSSR count). The molecule has 1 atom stereocenters. The summed E-state index contributed by atoms with van der Waals surface area (Å²) in [6.07, 6.45) is 0. The lowest BCUT2D eigenvalue weighted by Crippen LogP contribution is -2.29. The van der Waals surface area contributed by atoms with Crippen molar-refractivity contribution in [2.75, 3.05) is 12.0 Å². The maximum Gasteiger partial charge on any atom is 0.297 e. The molecule has 10 heteroatoms. The molecule has 8 nitrogen and oxygen atoms in total. The minimum Gasteiger partial charge on any atom is -0.503 e. The van der Waals surface area contributed by atoms with Crippen molar-refractivity contribution >= 4 is 49.3 Å². The number of amides is 1. The molecule has 31 heavy (non-hydrogen) atoms. The number of aromatic hydroxyl groups is 1. The number of halogens is 1. The third-order valence-electron chi connectivity index (χ3n) is 5.09. The standard InChI is InChI=1S/C21H14BrN3O5S/c1-9-23-24-21(31-9)25-16(10-7-12(22)18(27)14(8-10)29-2)15-17(26)11-5-3-4-6-13(11)30-19(15)20(25)28/h3-8,16,27H,1-2H3/t16-/m1/s1. The van der Waals surface area contributed by atoms with Crippen molar-refractivity contribution in [3.8, 4) is 11.5 Å². The first kappa shape index (κ1) is 19.7. The first-order valence-corrected chi connectivity index (χ1v) is 10.8. The van der Waals surface area contributed by atoms with Crippen molar-refractivity contribution in [1.82, 2.24) is 10.2 Å². The largest absolute Gasteiger partial charge is 0.503 e. The van der Waals surface area contributed by atoms with Gasteiger partial charge in [0, 0.05) is 0 Å². The van der Waals surface area contributed by atoms with Gasteiger partial charge in [0.1, 0.15) is 10.6 Å². The average Bonchev–Trinajstić information content (AvgIpc) is 3.31. The highest BCUT2D eigenvalue weighted by molar-refractivity contribution is 9.10. The van der Waals surface area contributed by atoms with Crippen LogP contribution in [0.25, 0.3) is 11.0 Å². The molecular formula is C21H14BrN3O5S. The summed E-state index contributed by atoms with van der Waals surface area (Å²) in [5.74, 6) is -0.407. The van der Waals surface area contributed by atoms with Gasteiger partial charge in [0.25, 0.3) is 5.91 Å². The number of benzene rings is 2. The molecule has 0 unspecified atom stereocenters. The molecule has 0 saturated heterocycles. The number of carbonyl (C=O) groups is 1. The van der Waals surface area contributed by atoms with Crippen molar-refractivity contribution in [2.45, 2.75) is 13.0 Å². The van der Waals surface area contributed by atoms with Gasteiger partial charge >= 0.3 is 0 Å². The summed E-state index contributed by atoms with van der Waals surface area (Å²) in [6.45, 7) is 1.78. The summed E-state index contributed by atoms with van der Waals surface area (Å²) in [4.78, 5) is 28.3. The number of anilines is 1. The Labute approximate surface area is 187 Å². The van der Waals surface area contributed by atoms with Crippen molar-refractivity contribution in [3.63, 3.8) is 0 Å². The Hall–Kier alpha value is -3.24. The van der Waals surface area contributed by atoms with Crippen LogP contribution in [0.5, 0.6) is 11.5 Å². The number of methoxy groups -OCH3 is 1. The number of aromatic nitrogens is 2. The first-order chi connectivity index (χ1) is 14.9. The van der Waals surface area contributed by atoms with Gasteiger partial charge in [-0.1, -0.05) is 23.5 Å². The van der Waals surface area contributed by atoms with Crippen LogP contribution in [0.4, 0.5) is 5.13 Å². The van der Waals surface area contributed by atoms with Crippen molar-refractivity contribution in [2.24, 2.45) is 0 Å². The minimum absolute atomic E-state index is 0.0373. The molecule has 0 spiro atoms. The Morgan fingerprint density at radius 2 is 2.00 bits per heavy atom. The van der Waals surface area contributed by atoms with E-state index in [0.717, 1.165) is 0 Å². The summed E-state index contributed by atoms with van der Waals surface area (Å²) >= 11 is 4.55. The van der Waals surface area contributed by atoms with Gasteiger partial charge in [0.15, 0.2) is 16.9 Å². The lowest BCUT2D eigenvalue weighted by molar-refractivity contribution is 0.0970. The van der Waals surface area contributed by atoms with E-state index in [9.17, 15) is 14.7 Å². The van der Waals surface area contributed by atoms with Gasteiger partial charge in [-0.15, -0.1) is 10.2 Å². The molecule has 2 aromatic carbocycles. The summed E-state index contributed by atoms with van der Waals surface area (Å²) in [6, 6.07) is 9.18. The van der Waals surface area contributed by atoms with Gasteiger partial charge in [-0.3, -0.25) is 14.5 Å². The molecule has 1 aliphatic rings. The molecule has 1 aliphatic heterocycles. The van der Waals surface area contributed by atoms with Crippen LogP contribution >= 0.6 is 27.3 Å². The zero-order valence-corrected chi connectivity index (χ0v) is 18.7. The number of aryl methyl sites for hydroxylation is 1. The van der Waals surface area contributed by atoms with Crippen LogP contribution in [0.3, 0.4) is 0 Å². The molecule has 0 aliphatic carbocycles. The highest BCUT2D eigenvalue weighted by atomic mass is 79.9. The molecule has 1 N–H and O–H groups in total. The number of para-hydroxylation sites is 1. The second-order valence-corrected chi connectivity index (χ2v) is 8.92. The van der Waals surface area contributed by atoms with E-state index in [0.29, 0.717) is 31.1 Å². The number of hydrogen-bond donors (Lipinski definition) is 1. The quantitative estimate of drug-likeness (QED) is 0.450. The van der Waals surface area contributed by atoms with E-state index in [1.165, 1.54) is 23.3 Å². The number of hydrogen-bond acceptors (Lipinski definition) is 8. The highest BCUT2D eigenvalue weighted by Crippen LogP contribution is 2.45. The Kier molecular flexibility index (Phi) is 4.56. The molecule has 156 valence electrons. The number of nitrogens with zero attached hydrogens (tertiary/aromatic N) is 3. The molecule has 0 saturated carbocycles. The fourth-order valence-electron chi connectivity index (χ4n) is 3.72. The molecule has 1 amide bonds. The van der Waals surface area contributed by atoms with Crippen LogP contribution in [0.15, 0.2) is 50.1 Å². The Morgan fingerprint density at radius 3 is 2.71 bits per heavy atom. The summed E-state index contributed by atoms with van der Waals surface area (Å²) < 4.78 is 11.5. The zero-order chi connectivity index (χ0) is 21.9. The predicted octanol–water partition coefficient (Wildman–Crippen LogP) is 4.18. The lowest BCUT2D eigenvalue weighted by atomic mass is 9.98. The van der Waals surface area contributed by atoms with Crippen LogP contribution in [-0.2, 0) is 0 Å². The minimum atomic E-state index is -0.832. The van der Waals surface area contributed by atoms with Gasteiger partial charge in [-0.2, -0.15) is 0 Å². The van der Waals surface area contributed by atoms with E-state index < -0.39 is 11.9 Å². The maximum atomic E-state index is 13.5. The third-order valence-corrected chi connectivity index (χ3v) is 6.53. The van der Waals surface area contributed by atoms with E-state index in [4.69, 9.17) is 9.15 Å². The third kappa shape index (κ3) is 2.94. The molecule has 0 radical (unpaired) electrons. The van der Waals surface area contributed by atoms with E-state index in [2.05, 4.69) is 26.1 Å². The Morgan fingerprint density at radius 1 is 1.23 bits per heavy atom. The van der Waals surface area contributed by atoms with Crippen LogP contribution < -0.4 is 15.1 Å². The molecule has 2 aromatic heterocycles. The first-order valence-electron chi connectivity index (χ1n) is 9.16. The number of ether oxygens (including phenoxy) is 1. The lowest BCUT2D eigenvalue weighted by Gasteiger charge is -2.23. The molecule has 3 heterocycles. The summed E-state index contributed by atoms with van der Waals surface area (Å²) in [5.41, 5.74) is 0.778. The number of carbonyl (C=O) groups excluding carboxylic acids is 1. The van der Waals surface area contributed by atoms with Crippen molar-refractivity contribution < 1.29 is 19.1 Å². The molecule has 0 bridgehead atoms. The van der Waals surface area contributed by atoms with Crippen molar-refractivity contribution in [1.29, 1.82) is 0 Å². The average molecular weight is 500 g/mol. The Bertz CT molecular complexity index is 1430. The number of phenolic OH excluding ortho intramolecular Hbond substituents is 1. The van der Waals surface area contributed by atoms with E-state index >= 15 is 0 Å². The maximum absolute atomic E-state index is 13.5. The van der Waals surface area contributed by atoms with E-state index in [1.54, 1.807) is 43.3 Å². The fourth-order valence-corrected chi connectivity index (χ4v) is 4.90. The highest BCUT2D eigenvalue weighted by Gasteiger charge is 2.45. The summed E-state index contributed by atoms with van der Waals surface area (Å²) in [7, 11) is 1.42. The number of phenols is 1. The normalized spacial score (nSPS) is 15.5. The van der Waals surface area contributed by atoms with Crippen LogP contribution in [0, 0.1) is 6.92 Å². The number of fused-ring (bicyclic) bond motifs is 2. The topological polar surface area (TPSA) is 106 Å². The van der Waals surface area contributed by atoms with Gasteiger partial charge in [0.2, 0.25) is 10.9 Å². The van der Waals surface area contributed by atoms with Gasteiger partial charge < -0.3 is 14.3 Å². The number of rotatable bonds is 3. The van der Waals surface area contributed by atoms with Gasteiger partial charge in [-0.25, -0.2) is 0 Å². The molecular weight excluding hydrogens is 486 g/mol. The van der Waals surface area contributed by atoms with Crippen molar-refractivity contribution in [3.05, 3.63) is 73.0 Å². The van der Waals surface area contributed by atoms with E-state index in [1.807, 2.05) is 0 Å². The van der Waals surface area contributed by atoms with Gasteiger partial charge in [0.05, 0.1) is 28.6 Å². The zero-order valence-electron chi connectivity index (χ0n) is 16.2. The van der Waals surface area contributed by atoms with Crippen LogP contribution in [0.1, 0.15) is 32.7 Å². The molecule has 4 aromatic rings. The van der Waals surface area contributed by atoms with Crippen LogP contribution in [0.2, 0.25) is 0 Å².